The maximum atomic E-state index is 15.3. The van der Waals surface area contributed by atoms with Crippen LogP contribution in [0.5, 0.6) is 0 Å². The number of rotatable bonds is 12. The largest absolute Gasteiger partial charge is 0.545 e. The summed E-state index contributed by atoms with van der Waals surface area (Å²) in [6.07, 6.45) is 8.43. The van der Waals surface area contributed by atoms with Gasteiger partial charge in [0, 0.05) is 50.6 Å². The van der Waals surface area contributed by atoms with E-state index < -0.39 is 22.8 Å². The number of aromatic amines is 1. The molecule has 0 atom stereocenters. The molecule has 0 spiro atoms. The van der Waals surface area contributed by atoms with Crippen LogP contribution in [0, 0.1) is 12.7 Å². The molecular weight excluding hydrogens is 629 g/mol. The maximum Gasteiger partial charge on any atom is 0.280 e. The number of pyridine rings is 2. The van der Waals surface area contributed by atoms with Gasteiger partial charge >= 0.3 is 0 Å². The molecule has 5 aromatic rings. The molecule has 1 saturated heterocycles. The fourth-order valence-corrected chi connectivity index (χ4v) is 6.66. The molecule has 0 radical (unpaired) electrons. The normalized spacial score (nSPS) is 15.4. The van der Waals surface area contributed by atoms with E-state index in [-0.39, 0.29) is 22.8 Å². The van der Waals surface area contributed by atoms with Crippen LogP contribution in [0.1, 0.15) is 66.6 Å². The number of nitrogens with one attached hydrogen (secondary N) is 2. The number of nitrogens with zero attached hydrogens (tertiary/aromatic N) is 7. The van der Waals surface area contributed by atoms with Crippen LogP contribution >= 0.6 is 0 Å². The third-order valence-electron chi connectivity index (χ3n) is 9.61. The van der Waals surface area contributed by atoms with E-state index in [1.54, 1.807) is 10.9 Å². The number of carboxylic acid groups (broad SMARTS) is 1. The number of aromatic nitrogens is 6. The number of aromatic carboxylic acids is 1. The zero-order valence-electron chi connectivity index (χ0n) is 27.7. The molecule has 5 heterocycles. The van der Waals surface area contributed by atoms with Gasteiger partial charge in [0.1, 0.15) is 5.65 Å². The van der Waals surface area contributed by atoms with E-state index in [0.29, 0.717) is 42.4 Å². The Kier molecular flexibility index (Phi) is 8.88. The summed E-state index contributed by atoms with van der Waals surface area (Å²) in [5.74, 6) is -1.64. The summed E-state index contributed by atoms with van der Waals surface area (Å²) in [5.41, 5.74) is 2.97. The topological polar surface area (TPSA) is 157 Å². The summed E-state index contributed by atoms with van der Waals surface area (Å²) in [6, 6.07) is 7.26. The monoisotopic (exact) mass is 668 g/mol. The average molecular weight is 669 g/mol. The molecule has 2 fully saturated rings. The van der Waals surface area contributed by atoms with Crippen molar-refractivity contribution >= 4 is 45.6 Å². The number of unbranched alkanes of at least 4 members (excludes halogenated alkanes) is 2. The van der Waals surface area contributed by atoms with Crippen molar-refractivity contribution in [3.05, 3.63) is 79.9 Å². The number of aryl methyl sites for hydroxylation is 3. The number of hydrogen-bond donors (Lipinski definition) is 2. The van der Waals surface area contributed by atoms with Gasteiger partial charge in [-0.15, -0.1) is 0 Å². The quantitative estimate of drug-likeness (QED) is 0.189. The lowest BCUT2D eigenvalue weighted by Gasteiger charge is -2.35. The highest BCUT2D eigenvalue weighted by atomic mass is 19.1. The molecule has 1 aliphatic heterocycles. The van der Waals surface area contributed by atoms with Gasteiger partial charge in [0.25, 0.3) is 5.56 Å². The Balaban J connectivity index is 0.929. The molecule has 13 nitrogen and oxygen atoms in total. The number of carbonyl (C=O) groups is 1. The standard InChI is InChI=1S/C35H40FN9O4/c1-3-22-17-23(8-7-21(22)2)38-35-40-32-28(33(47)41-35)37-20-44(32)12-6-4-5-11-42-13-15-43(16-14-42)31-27(36)18-25-29(46)26(34(48)49)19-45(24-9-10-24)30(25)39-31/h7-8,17-20,24H,3-6,9-16H2,1-2H3,(H,48,49)(H2,38,40,41,47)/p-1. The first-order chi connectivity index (χ1) is 23.7. The van der Waals surface area contributed by atoms with Crippen LogP contribution in [0.2, 0.25) is 0 Å². The SMILES string of the molecule is CCc1cc(Nc2nc3c(ncn3CCCCCN3CCN(c4nc5c(cc4F)c(=O)c(C(=O)[O-])cn5C4CC4)CC3)c(=O)[nH]2)ccc1C. The summed E-state index contributed by atoms with van der Waals surface area (Å²) in [4.78, 5) is 57.6. The third-order valence-corrected chi connectivity index (χ3v) is 9.61. The van der Waals surface area contributed by atoms with Crippen molar-refractivity contribution in [3.8, 4) is 0 Å². The second kappa shape index (κ2) is 13.4. The molecule has 49 heavy (non-hydrogen) atoms. The Morgan fingerprint density at radius 2 is 1.82 bits per heavy atom. The van der Waals surface area contributed by atoms with E-state index >= 15 is 4.39 Å². The van der Waals surface area contributed by atoms with E-state index in [4.69, 9.17) is 0 Å². The summed E-state index contributed by atoms with van der Waals surface area (Å²) in [5, 5.41) is 14.7. The summed E-state index contributed by atoms with van der Waals surface area (Å²) in [7, 11) is 0. The average Bonchev–Trinajstić information content (AvgIpc) is 3.85. The van der Waals surface area contributed by atoms with Crippen molar-refractivity contribution in [2.45, 2.75) is 65.0 Å². The molecule has 7 rings (SSSR count). The van der Waals surface area contributed by atoms with Crippen molar-refractivity contribution in [2.75, 3.05) is 42.9 Å². The minimum atomic E-state index is -1.57. The van der Waals surface area contributed by atoms with Gasteiger partial charge in [-0.2, -0.15) is 4.98 Å². The fourth-order valence-electron chi connectivity index (χ4n) is 6.66. The molecule has 0 unspecified atom stereocenters. The molecule has 0 amide bonds. The highest BCUT2D eigenvalue weighted by Crippen LogP contribution is 2.37. The predicted octanol–water partition coefficient (Wildman–Crippen LogP) is 3.27. The molecular formula is C35H39FN9O4-. The molecule has 1 aromatic carbocycles. The van der Waals surface area contributed by atoms with Crippen molar-refractivity contribution in [1.29, 1.82) is 0 Å². The van der Waals surface area contributed by atoms with Crippen LogP contribution in [0.15, 0.2) is 46.4 Å². The molecule has 14 heteroatoms. The predicted molar refractivity (Wildman–Crippen MR) is 183 cm³/mol. The highest BCUT2D eigenvalue weighted by Gasteiger charge is 2.28. The smallest absolute Gasteiger partial charge is 0.280 e. The van der Waals surface area contributed by atoms with E-state index in [1.165, 1.54) is 17.3 Å². The number of halogens is 1. The second-order valence-corrected chi connectivity index (χ2v) is 13.0. The molecule has 1 aliphatic carbocycles. The number of piperazine rings is 1. The van der Waals surface area contributed by atoms with Crippen LogP contribution < -0.4 is 26.3 Å². The van der Waals surface area contributed by atoms with Gasteiger partial charge in [0.15, 0.2) is 28.2 Å². The number of H-pyrrole nitrogens is 1. The number of benzene rings is 1. The zero-order valence-corrected chi connectivity index (χ0v) is 27.7. The Labute approximate surface area is 281 Å². The maximum absolute atomic E-state index is 15.3. The van der Waals surface area contributed by atoms with Gasteiger partial charge in [-0.05, 0) is 74.9 Å². The highest BCUT2D eigenvalue weighted by molar-refractivity contribution is 5.91. The number of anilines is 3. The molecule has 2 N–H and O–H groups in total. The minimum Gasteiger partial charge on any atom is -0.545 e. The molecule has 256 valence electrons. The number of carbonyl (C=O) groups excluding carboxylic acids is 1. The molecule has 0 bridgehead atoms. The van der Waals surface area contributed by atoms with Gasteiger partial charge in [0.2, 0.25) is 5.95 Å². The Morgan fingerprint density at radius 3 is 2.55 bits per heavy atom. The molecule has 2 aliphatic rings. The number of hydrogen-bond acceptors (Lipinski definition) is 10. The van der Waals surface area contributed by atoms with E-state index in [0.717, 1.165) is 69.9 Å². The minimum absolute atomic E-state index is 0.0374. The lowest BCUT2D eigenvalue weighted by molar-refractivity contribution is -0.255. The summed E-state index contributed by atoms with van der Waals surface area (Å²) >= 11 is 0. The van der Waals surface area contributed by atoms with Gasteiger partial charge in [-0.3, -0.25) is 19.5 Å². The Bertz CT molecular complexity index is 2160. The van der Waals surface area contributed by atoms with Crippen LogP contribution in [0.4, 0.5) is 21.8 Å². The summed E-state index contributed by atoms with van der Waals surface area (Å²) in [6.45, 7) is 8.44. The van der Waals surface area contributed by atoms with Gasteiger partial charge in [-0.25, -0.2) is 14.4 Å². The number of imidazole rings is 1. The van der Waals surface area contributed by atoms with Gasteiger partial charge in [0.05, 0.1) is 23.2 Å². The number of fused-ring (bicyclic) bond motifs is 2. The van der Waals surface area contributed by atoms with Crippen molar-refractivity contribution < 1.29 is 14.3 Å². The van der Waals surface area contributed by atoms with Crippen molar-refractivity contribution in [1.82, 2.24) is 34.0 Å². The first-order valence-corrected chi connectivity index (χ1v) is 17.0. The fraction of sp³-hybridized carbons (Fsp3) is 0.429. The van der Waals surface area contributed by atoms with Gasteiger partial charge < -0.3 is 29.3 Å². The zero-order chi connectivity index (χ0) is 34.2. The first-order valence-electron chi connectivity index (χ1n) is 17.0. The van der Waals surface area contributed by atoms with Crippen LogP contribution in [-0.2, 0) is 13.0 Å². The first kappa shape index (κ1) is 32.4. The molecule has 1 saturated carbocycles. The van der Waals surface area contributed by atoms with E-state index in [2.05, 4.69) is 56.1 Å². The van der Waals surface area contributed by atoms with E-state index in [9.17, 15) is 19.5 Å². The van der Waals surface area contributed by atoms with Crippen molar-refractivity contribution in [3.63, 3.8) is 0 Å². The van der Waals surface area contributed by atoms with Gasteiger partial charge in [-0.1, -0.05) is 19.4 Å². The van der Waals surface area contributed by atoms with Crippen molar-refractivity contribution in [2.24, 2.45) is 0 Å². The Morgan fingerprint density at radius 1 is 1.04 bits per heavy atom. The number of carboxylic acids is 1. The van der Waals surface area contributed by atoms with E-state index in [1.807, 2.05) is 15.5 Å². The summed E-state index contributed by atoms with van der Waals surface area (Å²) < 4.78 is 18.9. The van der Waals surface area contributed by atoms with Crippen LogP contribution in [0.25, 0.3) is 22.2 Å². The lowest BCUT2D eigenvalue weighted by atomic mass is 10.1. The lowest BCUT2D eigenvalue weighted by Crippen LogP contribution is -2.47. The van der Waals surface area contributed by atoms with Crippen LogP contribution in [0.3, 0.4) is 0 Å². The van der Waals surface area contributed by atoms with Crippen LogP contribution in [-0.4, -0.2) is 72.7 Å². The third kappa shape index (κ3) is 6.64. The Hall–Kier alpha value is -5.11. The second-order valence-electron chi connectivity index (χ2n) is 13.0. The molecule has 4 aromatic heterocycles.